The number of ether oxygens (including phenoxy) is 4. The van der Waals surface area contributed by atoms with Gasteiger partial charge in [0.15, 0.2) is 0 Å². The van der Waals surface area contributed by atoms with Crippen molar-refractivity contribution in [3.05, 3.63) is 59.7 Å². The fourth-order valence-electron chi connectivity index (χ4n) is 5.21. The quantitative estimate of drug-likeness (QED) is 0.340. The van der Waals surface area contributed by atoms with Crippen LogP contribution in [0.25, 0.3) is 0 Å². The number of hydrogen-bond donors (Lipinski definition) is 1. The average Bonchev–Trinajstić information content (AvgIpc) is 3.02. The first-order valence-electron chi connectivity index (χ1n) is 16.0. The molecule has 0 aromatic carbocycles. The average molecular weight is 601 g/mol. The molecule has 0 radical (unpaired) electrons. The number of nitrogens with zero attached hydrogens (tertiary/aromatic N) is 4. The van der Waals surface area contributed by atoms with E-state index in [1.807, 2.05) is 18.3 Å². The normalized spacial score (nSPS) is 18.4. The van der Waals surface area contributed by atoms with Crippen LogP contribution >= 0.6 is 0 Å². The molecule has 0 spiro atoms. The number of carbonyl (C=O) groups is 1. The maximum Gasteiger partial charge on any atom is 0.354 e. The molecule has 1 atom stereocenters. The van der Waals surface area contributed by atoms with Crippen molar-refractivity contribution >= 4 is 5.97 Å². The van der Waals surface area contributed by atoms with Crippen LogP contribution in [0.5, 0.6) is 0 Å². The molecule has 1 fully saturated rings. The standard InChI is InChI=1S/C33H52N4O6/c1-2-3-4-5-6-7-14-32(30-12-8-9-15-34-30)37-18-22-42-26-24-40-20-16-36(17-21-41-25-27-43-23-19-37)28-29-11-10-13-31(35-29)33(38)39/h8-13,15,32H,2-7,14,16-28H2,1H3,(H,38,39). The lowest BCUT2D eigenvalue weighted by Crippen LogP contribution is -2.36. The molecule has 240 valence electrons. The van der Waals surface area contributed by atoms with Gasteiger partial charge in [0.2, 0.25) is 0 Å². The topological polar surface area (TPSA) is 106 Å². The van der Waals surface area contributed by atoms with Crippen molar-refractivity contribution < 1.29 is 28.8 Å². The minimum atomic E-state index is -1.03. The van der Waals surface area contributed by atoms with E-state index in [1.165, 1.54) is 44.6 Å². The summed E-state index contributed by atoms with van der Waals surface area (Å²) in [7, 11) is 0. The molecular weight excluding hydrogens is 548 g/mol. The van der Waals surface area contributed by atoms with Crippen LogP contribution in [0.1, 0.15) is 79.8 Å². The van der Waals surface area contributed by atoms with E-state index in [9.17, 15) is 9.90 Å². The molecule has 1 aliphatic rings. The van der Waals surface area contributed by atoms with Crippen molar-refractivity contribution in [2.75, 3.05) is 79.0 Å². The summed E-state index contributed by atoms with van der Waals surface area (Å²) >= 11 is 0. The molecule has 43 heavy (non-hydrogen) atoms. The van der Waals surface area contributed by atoms with Gasteiger partial charge in [-0.05, 0) is 30.7 Å². The summed E-state index contributed by atoms with van der Waals surface area (Å²) in [4.78, 5) is 24.9. The van der Waals surface area contributed by atoms with Crippen LogP contribution in [-0.4, -0.2) is 110 Å². The van der Waals surface area contributed by atoms with E-state index in [0.29, 0.717) is 78.2 Å². The predicted molar refractivity (Wildman–Crippen MR) is 166 cm³/mol. The molecule has 0 bridgehead atoms. The van der Waals surface area contributed by atoms with Gasteiger partial charge in [0.05, 0.1) is 70.3 Å². The van der Waals surface area contributed by atoms with Crippen molar-refractivity contribution in [1.82, 2.24) is 19.8 Å². The highest BCUT2D eigenvalue weighted by molar-refractivity contribution is 5.85. The lowest BCUT2D eigenvalue weighted by molar-refractivity contribution is 0.000275. The lowest BCUT2D eigenvalue weighted by atomic mass is 10.0. The molecule has 2 aromatic rings. The number of aromatic carboxylic acids is 1. The highest BCUT2D eigenvalue weighted by atomic mass is 16.5. The second-order valence-electron chi connectivity index (χ2n) is 10.9. The molecule has 3 heterocycles. The lowest BCUT2D eigenvalue weighted by Gasteiger charge is -2.31. The number of unbranched alkanes of at least 4 members (excludes halogenated alkanes) is 5. The van der Waals surface area contributed by atoms with Gasteiger partial charge in [0.25, 0.3) is 0 Å². The zero-order valence-electron chi connectivity index (χ0n) is 26.0. The number of carboxylic acid groups (broad SMARTS) is 1. The maximum atomic E-state index is 11.3. The van der Waals surface area contributed by atoms with Gasteiger partial charge in [-0.25, -0.2) is 9.78 Å². The summed E-state index contributed by atoms with van der Waals surface area (Å²) in [5, 5.41) is 9.27. The van der Waals surface area contributed by atoms with E-state index in [0.717, 1.165) is 25.2 Å². The predicted octanol–water partition coefficient (Wildman–Crippen LogP) is 4.85. The minimum Gasteiger partial charge on any atom is -0.477 e. The van der Waals surface area contributed by atoms with E-state index in [2.05, 4.69) is 33.8 Å². The fourth-order valence-corrected chi connectivity index (χ4v) is 5.21. The number of rotatable bonds is 12. The summed E-state index contributed by atoms with van der Waals surface area (Å²) in [6.45, 7) is 10.1. The third-order valence-electron chi connectivity index (χ3n) is 7.61. The van der Waals surface area contributed by atoms with Gasteiger partial charge in [0.1, 0.15) is 5.69 Å². The van der Waals surface area contributed by atoms with Crippen LogP contribution in [0.3, 0.4) is 0 Å². The van der Waals surface area contributed by atoms with E-state index in [1.54, 1.807) is 6.07 Å². The van der Waals surface area contributed by atoms with Crippen molar-refractivity contribution in [1.29, 1.82) is 0 Å². The van der Waals surface area contributed by atoms with Gasteiger partial charge < -0.3 is 24.1 Å². The van der Waals surface area contributed by atoms with Gasteiger partial charge in [-0.2, -0.15) is 0 Å². The van der Waals surface area contributed by atoms with Crippen LogP contribution in [0.2, 0.25) is 0 Å². The van der Waals surface area contributed by atoms with E-state index in [4.69, 9.17) is 23.9 Å². The number of carboxylic acids is 1. The highest BCUT2D eigenvalue weighted by Gasteiger charge is 2.21. The highest BCUT2D eigenvalue weighted by Crippen LogP contribution is 2.25. The van der Waals surface area contributed by atoms with Gasteiger partial charge in [-0.1, -0.05) is 57.6 Å². The third kappa shape index (κ3) is 14.7. The number of aromatic nitrogens is 2. The Morgan fingerprint density at radius 2 is 1.42 bits per heavy atom. The smallest absolute Gasteiger partial charge is 0.354 e. The molecule has 1 aliphatic heterocycles. The van der Waals surface area contributed by atoms with Crippen molar-refractivity contribution in [3.8, 4) is 0 Å². The molecule has 1 saturated heterocycles. The first-order chi connectivity index (χ1) is 21.2. The Labute approximate surface area is 257 Å². The van der Waals surface area contributed by atoms with Crippen LogP contribution in [0.4, 0.5) is 0 Å². The Balaban J connectivity index is 1.52. The van der Waals surface area contributed by atoms with Crippen molar-refractivity contribution in [2.45, 2.75) is 64.5 Å². The zero-order chi connectivity index (χ0) is 30.4. The second kappa shape index (κ2) is 22.1. The Hall–Kier alpha value is -2.47. The van der Waals surface area contributed by atoms with Crippen LogP contribution < -0.4 is 0 Å². The molecule has 10 heteroatoms. The molecular formula is C33H52N4O6. The Morgan fingerprint density at radius 1 is 0.791 bits per heavy atom. The molecule has 0 saturated carbocycles. The first-order valence-corrected chi connectivity index (χ1v) is 16.0. The van der Waals surface area contributed by atoms with Crippen LogP contribution in [0, 0.1) is 0 Å². The summed E-state index contributed by atoms with van der Waals surface area (Å²) in [5.41, 5.74) is 1.87. The molecule has 0 amide bonds. The summed E-state index contributed by atoms with van der Waals surface area (Å²) in [6.07, 6.45) is 10.6. The third-order valence-corrected chi connectivity index (χ3v) is 7.61. The first kappa shape index (κ1) is 35.0. The van der Waals surface area contributed by atoms with Gasteiger partial charge in [-0.15, -0.1) is 0 Å². The minimum absolute atomic E-state index is 0.0491. The molecule has 2 aromatic heterocycles. The molecule has 3 rings (SSSR count). The Kier molecular flexibility index (Phi) is 18.0. The SMILES string of the molecule is CCCCCCCCC(c1ccccn1)N1CCOCCOCCN(Cc2cccc(C(=O)O)n2)CCOCCOCC1. The Bertz CT molecular complexity index is 978. The van der Waals surface area contributed by atoms with Gasteiger partial charge in [0, 0.05) is 38.9 Å². The largest absolute Gasteiger partial charge is 0.477 e. The summed E-state index contributed by atoms with van der Waals surface area (Å²) in [5.74, 6) is -1.03. The van der Waals surface area contributed by atoms with Gasteiger partial charge in [-0.3, -0.25) is 14.8 Å². The second-order valence-corrected chi connectivity index (χ2v) is 10.9. The fraction of sp³-hybridized carbons (Fsp3) is 0.667. The Morgan fingerprint density at radius 3 is 2.02 bits per heavy atom. The van der Waals surface area contributed by atoms with E-state index >= 15 is 0 Å². The van der Waals surface area contributed by atoms with E-state index in [-0.39, 0.29) is 11.7 Å². The van der Waals surface area contributed by atoms with Gasteiger partial charge >= 0.3 is 5.97 Å². The number of pyridine rings is 2. The summed E-state index contributed by atoms with van der Waals surface area (Å²) in [6, 6.07) is 11.5. The summed E-state index contributed by atoms with van der Waals surface area (Å²) < 4.78 is 23.8. The monoisotopic (exact) mass is 600 g/mol. The number of hydrogen-bond acceptors (Lipinski definition) is 9. The molecule has 0 aliphatic carbocycles. The van der Waals surface area contributed by atoms with E-state index < -0.39 is 5.97 Å². The van der Waals surface area contributed by atoms with Crippen LogP contribution in [0.15, 0.2) is 42.6 Å². The maximum absolute atomic E-state index is 11.3. The molecule has 1 N–H and O–H groups in total. The zero-order valence-corrected chi connectivity index (χ0v) is 26.0. The molecule has 10 nitrogen and oxygen atoms in total. The van der Waals surface area contributed by atoms with Crippen molar-refractivity contribution in [2.24, 2.45) is 0 Å². The van der Waals surface area contributed by atoms with Crippen molar-refractivity contribution in [3.63, 3.8) is 0 Å². The molecule has 1 unspecified atom stereocenters. The van der Waals surface area contributed by atoms with Crippen LogP contribution in [-0.2, 0) is 25.5 Å².